The monoisotopic (exact) mass is 467 g/mol. The zero-order chi connectivity index (χ0) is 23.7. The molecular weight excluding hydrogens is 441 g/mol. The Morgan fingerprint density at radius 2 is 1.94 bits per heavy atom. The largest absolute Gasteiger partial charge is 0.494 e. The van der Waals surface area contributed by atoms with E-state index in [0.717, 1.165) is 29.5 Å². The molecule has 4 N–H and O–H groups in total. The summed E-state index contributed by atoms with van der Waals surface area (Å²) in [6.07, 6.45) is 1.72. The molecule has 2 amide bonds. The lowest BCUT2D eigenvalue weighted by Crippen LogP contribution is -2.19. The van der Waals surface area contributed by atoms with Crippen molar-refractivity contribution in [1.82, 2.24) is 20.0 Å². The van der Waals surface area contributed by atoms with Crippen molar-refractivity contribution in [2.24, 2.45) is 18.7 Å². The fourth-order valence-electron chi connectivity index (χ4n) is 3.51. The fourth-order valence-corrected chi connectivity index (χ4v) is 4.52. The SMILES string of the molecule is COc1c(Nc2cc(NC(=O)C3CC3)nnc2C(N)=O)cccc1-c1cc(P(C)C)n(C)n1. The van der Waals surface area contributed by atoms with Crippen LogP contribution in [0.15, 0.2) is 30.3 Å². The molecule has 3 aromatic rings. The number of anilines is 3. The van der Waals surface area contributed by atoms with E-state index in [1.165, 1.54) is 0 Å². The van der Waals surface area contributed by atoms with Crippen molar-refractivity contribution in [2.45, 2.75) is 12.8 Å². The second-order valence-corrected chi connectivity index (χ2v) is 10.3. The predicted octanol–water partition coefficient (Wildman–Crippen LogP) is 2.44. The van der Waals surface area contributed by atoms with Crippen molar-refractivity contribution < 1.29 is 14.3 Å². The van der Waals surface area contributed by atoms with Gasteiger partial charge in [-0.15, -0.1) is 10.2 Å². The topological polar surface area (TPSA) is 137 Å². The molecule has 0 radical (unpaired) electrons. The highest BCUT2D eigenvalue weighted by molar-refractivity contribution is 7.63. The first-order valence-corrected chi connectivity index (χ1v) is 12.7. The van der Waals surface area contributed by atoms with Gasteiger partial charge in [-0.1, -0.05) is 14.0 Å². The maximum absolute atomic E-state index is 12.1. The predicted molar refractivity (Wildman–Crippen MR) is 129 cm³/mol. The van der Waals surface area contributed by atoms with Crippen molar-refractivity contribution in [3.63, 3.8) is 0 Å². The van der Waals surface area contributed by atoms with Crippen LogP contribution in [-0.4, -0.2) is 52.2 Å². The molecule has 0 bridgehead atoms. The van der Waals surface area contributed by atoms with Gasteiger partial charge in [0.25, 0.3) is 5.91 Å². The fraction of sp³-hybridized carbons (Fsp3) is 0.318. The summed E-state index contributed by atoms with van der Waals surface area (Å²) in [5, 5.41) is 18.4. The third-order valence-electron chi connectivity index (χ3n) is 5.30. The Kier molecular flexibility index (Phi) is 6.29. The first-order chi connectivity index (χ1) is 15.8. The minimum absolute atomic E-state index is 0.00586. The van der Waals surface area contributed by atoms with E-state index in [9.17, 15) is 9.59 Å². The number of hydrogen-bond donors (Lipinski definition) is 3. The molecule has 1 saturated carbocycles. The van der Waals surface area contributed by atoms with E-state index in [4.69, 9.17) is 10.5 Å². The van der Waals surface area contributed by atoms with Crippen molar-refractivity contribution in [1.29, 1.82) is 0 Å². The van der Waals surface area contributed by atoms with Gasteiger partial charge in [0.2, 0.25) is 5.91 Å². The van der Waals surface area contributed by atoms with Gasteiger partial charge in [0.15, 0.2) is 17.3 Å². The van der Waals surface area contributed by atoms with E-state index >= 15 is 0 Å². The van der Waals surface area contributed by atoms with E-state index in [-0.39, 0.29) is 31.3 Å². The average Bonchev–Trinajstić information content (AvgIpc) is 3.55. The number of ether oxygens (including phenoxy) is 1. The molecule has 172 valence electrons. The Hall–Kier alpha value is -3.52. The quantitative estimate of drug-likeness (QED) is 0.433. The van der Waals surface area contributed by atoms with E-state index in [1.54, 1.807) is 13.2 Å². The smallest absolute Gasteiger partial charge is 0.271 e. The summed E-state index contributed by atoms with van der Waals surface area (Å²) in [5.74, 6) is -0.0582. The van der Waals surface area contributed by atoms with Crippen LogP contribution < -0.4 is 26.5 Å². The Labute approximate surface area is 192 Å². The van der Waals surface area contributed by atoms with Crippen LogP contribution in [0.3, 0.4) is 0 Å². The van der Waals surface area contributed by atoms with E-state index < -0.39 is 5.91 Å². The zero-order valence-corrected chi connectivity index (χ0v) is 19.8. The van der Waals surface area contributed by atoms with E-state index in [2.05, 4.69) is 45.3 Å². The molecule has 11 heteroatoms. The number of amides is 2. The van der Waals surface area contributed by atoms with Crippen LogP contribution in [0.25, 0.3) is 11.3 Å². The highest BCUT2D eigenvalue weighted by Gasteiger charge is 2.30. The van der Waals surface area contributed by atoms with Gasteiger partial charge in [-0.2, -0.15) is 5.10 Å². The lowest BCUT2D eigenvalue weighted by molar-refractivity contribution is -0.117. The van der Waals surface area contributed by atoms with Gasteiger partial charge >= 0.3 is 0 Å². The number of carbonyl (C=O) groups is 2. The van der Waals surface area contributed by atoms with Crippen LogP contribution in [0.5, 0.6) is 5.75 Å². The second kappa shape index (κ2) is 9.15. The van der Waals surface area contributed by atoms with E-state index in [1.807, 2.05) is 29.9 Å². The lowest BCUT2D eigenvalue weighted by Gasteiger charge is -2.16. The Morgan fingerprint density at radius 3 is 2.55 bits per heavy atom. The molecule has 0 spiro atoms. The maximum atomic E-state index is 12.1. The van der Waals surface area contributed by atoms with Crippen molar-refractivity contribution >= 4 is 42.4 Å². The van der Waals surface area contributed by atoms with Crippen LogP contribution >= 0.6 is 7.92 Å². The molecule has 33 heavy (non-hydrogen) atoms. The van der Waals surface area contributed by atoms with E-state index in [0.29, 0.717) is 17.1 Å². The van der Waals surface area contributed by atoms with Gasteiger partial charge in [0.1, 0.15) is 0 Å². The molecule has 1 aromatic carbocycles. The number of nitrogens with two attached hydrogens (primary N) is 1. The second-order valence-electron chi connectivity index (χ2n) is 8.04. The molecule has 0 aliphatic heterocycles. The standard InChI is InChI=1S/C22H26N7O3P/c1-29-18(33(3)4)11-15(28-29)13-6-5-7-14(20(13)32-2)24-16-10-17(25-22(31)12-8-9-12)26-27-19(16)21(23)30/h5-7,10-12H,8-9H2,1-4H3,(H2,23,30)(H2,24,25,26,31). The number of para-hydroxylation sites is 1. The number of methoxy groups -OCH3 is 1. The Morgan fingerprint density at radius 1 is 1.18 bits per heavy atom. The molecule has 1 fully saturated rings. The molecule has 2 heterocycles. The molecular formula is C22H26N7O3P. The minimum atomic E-state index is -0.742. The van der Waals surface area contributed by atoms with Gasteiger partial charge in [-0.05, 0) is 44.4 Å². The van der Waals surface area contributed by atoms with Crippen molar-refractivity contribution in [3.05, 3.63) is 36.0 Å². The minimum Gasteiger partial charge on any atom is -0.494 e. The zero-order valence-electron chi connectivity index (χ0n) is 18.9. The third kappa shape index (κ3) is 4.80. The third-order valence-corrected chi connectivity index (χ3v) is 6.64. The number of carbonyl (C=O) groups excluding carboxylic acids is 2. The summed E-state index contributed by atoms with van der Waals surface area (Å²) in [7, 11) is 3.17. The molecule has 2 aromatic heterocycles. The number of rotatable bonds is 8. The van der Waals surface area contributed by atoms with Crippen molar-refractivity contribution in [2.75, 3.05) is 31.1 Å². The highest BCUT2D eigenvalue weighted by atomic mass is 31.1. The Bertz CT molecular complexity index is 1220. The number of nitrogens with zero attached hydrogens (tertiary/aromatic N) is 4. The summed E-state index contributed by atoms with van der Waals surface area (Å²) in [6, 6.07) is 9.20. The molecule has 1 aliphatic rings. The summed E-state index contributed by atoms with van der Waals surface area (Å²) in [5.41, 5.74) is 9.10. The number of nitrogens with one attached hydrogen (secondary N) is 2. The van der Waals surface area contributed by atoms with Gasteiger partial charge in [0, 0.05) is 24.6 Å². The van der Waals surface area contributed by atoms with Gasteiger partial charge < -0.3 is 21.1 Å². The van der Waals surface area contributed by atoms with Crippen molar-refractivity contribution in [3.8, 4) is 17.0 Å². The number of aryl methyl sites for hydroxylation is 1. The molecule has 0 atom stereocenters. The van der Waals surface area contributed by atoms with Gasteiger partial charge in [-0.3, -0.25) is 14.3 Å². The van der Waals surface area contributed by atoms with Crippen LogP contribution in [-0.2, 0) is 11.8 Å². The van der Waals surface area contributed by atoms with Gasteiger partial charge in [-0.25, -0.2) is 0 Å². The lowest BCUT2D eigenvalue weighted by atomic mass is 10.1. The normalized spacial score (nSPS) is 13.1. The number of benzene rings is 1. The summed E-state index contributed by atoms with van der Waals surface area (Å²) >= 11 is 0. The summed E-state index contributed by atoms with van der Waals surface area (Å²) < 4.78 is 7.60. The van der Waals surface area contributed by atoms with Crippen LogP contribution in [0.4, 0.5) is 17.2 Å². The molecule has 1 aliphatic carbocycles. The number of aromatic nitrogens is 4. The van der Waals surface area contributed by atoms with Crippen LogP contribution in [0.1, 0.15) is 23.3 Å². The van der Waals surface area contributed by atoms with Crippen LogP contribution in [0, 0.1) is 5.92 Å². The first-order valence-electron chi connectivity index (χ1n) is 10.4. The molecule has 0 unspecified atom stereocenters. The van der Waals surface area contributed by atoms with Gasteiger partial charge in [0.05, 0.1) is 29.6 Å². The average molecular weight is 467 g/mol. The van der Waals surface area contributed by atoms with Crippen LogP contribution in [0.2, 0.25) is 0 Å². The molecule has 0 saturated heterocycles. The summed E-state index contributed by atoms with van der Waals surface area (Å²) in [6.45, 7) is 4.35. The number of hydrogen-bond acceptors (Lipinski definition) is 7. The Balaban J connectivity index is 1.71. The first kappa shape index (κ1) is 22.7. The molecule has 4 rings (SSSR count). The highest BCUT2D eigenvalue weighted by Crippen LogP contribution is 2.38. The number of primary amides is 1. The summed E-state index contributed by atoms with van der Waals surface area (Å²) in [4.78, 5) is 24.1. The maximum Gasteiger partial charge on any atom is 0.271 e. The molecule has 10 nitrogen and oxygen atoms in total.